The van der Waals surface area contributed by atoms with Gasteiger partial charge in [0.1, 0.15) is 0 Å². The van der Waals surface area contributed by atoms with Crippen molar-refractivity contribution in [1.29, 1.82) is 0 Å². The number of rotatable bonds is 8. The van der Waals surface area contributed by atoms with Gasteiger partial charge in [-0.1, -0.05) is 24.3 Å². The van der Waals surface area contributed by atoms with E-state index in [0.717, 1.165) is 12.1 Å². The van der Waals surface area contributed by atoms with Gasteiger partial charge in [-0.25, -0.2) is 9.59 Å². The lowest BCUT2D eigenvalue weighted by atomic mass is 9.94. The van der Waals surface area contributed by atoms with Crippen molar-refractivity contribution in [2.75, 3.05) is 0 Å². The van der Waals surface area contributed by atoms with Crippen LogP contribution in [0.5, 0.6) is 0 Å². The normalized spacial score (nSPS) is 10.3. The van der Waals surface area contributed by atoms with Crippen molar-refractivity contribution in [1.82, 2.24) is 0 Å². The summed E-state index contributed by atoms with van der Waals surface area (Å²) in [5.74, 6) is -5.97. The maximum absolute atomic E-state index is 12.6. The SMILES string of the molecule is O=C(O)Cc1ccc(C(=O)c2ccc(CC(=O)O)c(C(=O)O)c2)cc1C(=O)O. The number of carboxylic acid groups (broad SMARTS) is 4. The van der Waals surface area contributed by atoms with Crippen molar-refractivity contribution in [3.8, 4) is 0 Å². The van der Waals surface area contributed by atoms with Crippen LogP contribution < -0.4 is 0 Å². The summed E-state index contributed by atoms with van der Waals surface area (Å²) < 4.78 is 0. The first kappa shape index (κ1) is 20.3. The van der Waals surface area contributed by atoms with Gasteiger partial charge in [0.2, 0.25) is 0 Å². The molecule has 0 aliphatic carbocycles. The van der Waals surface area contributed by atoms with Crippen LogP contribution in [0.4, 0.5) is 0 Å². The van der Waals surface area contributed by atoms with Crippen LogP contribution in [0.3, 0.4) is 0 Å². The molecule has 0 amide bonds. The maximum atomic E-state index is 12.6. The summed E-state index contributed by atoms with van der Waals surface area (Å²) in [6, 6.07) is 6.96. The molecule has 0 aliphatic heterocycles. The molecule has 144 valence electrons. The summed E-state index contributed by atoms with van der Waals surface area (Å²) in [6.45, 7) is 0. The molecule has 2 aromatic carbocycles. The summed E-state index contributed by atoms with van der Waals surface area (Å²) in [7, 11) is 0. The molecule has 0 atom stereocenters. The summed E-state index contributed by atoms with van der Waals surface area (Å²) in [5, 5.41) is 36.2. The van der Waals surface area contributed by atoms with Gasteiger partial charge in [0.05, 0.1) is 24.0 Å². The predicted octanol–water partition coefficient (Wildman–Crippen LogP) is 1.57. The number of aliphatic carboxylic acids is 2. The average Bonchev–Trinajstić information content (AvgIpc) is 2.60. The number of carbonyl (C=O) groups excluding carboxylic acids is 1. The van der Waals surface area contributed by atoms with Gasteiger partial charge in [-0.05, 0) is 23.3 Å². The lowest BCUT2D eigenvalue weighted by molar-refractivity contribution is -0.137. The Balaban J connectivity index is 2.48. The van der Waals surface area contributed by atoms with E-state index in [-0.39, 0.29) is 33.4 Å². The standard InChI is InChI=1S/C19H14O9/c20-15(21)7-9-1-3-11(5-13(9)18(25)26)17(24)12-4-2-10(8-16(22)23)14(6-12)19(27)28/h1-6H,7-8H2,(H,20,21)(H,22,23)(H,25,26)(H,27,28). The van der Waals surface area contributed by atoms with Crippen molar-refractivity contribution >= 4 is 29.7 Å². The van der Waals surface area contributed by atoms with Gasteiger partial charge < -0.3 is 20.4 Å². The molecule has 0 aromatic heterocycles. The van der Waals surface area contributed by atoms with Gasteiger partial charge in [-0.15, -0.1) is 0 Å². The molecule has 0 bridgehead atoms. The minimum absolute atomic E-state index is 0.0135. The van der Waals surface area contributed by atoms with Gasteiger partial charge in [-0.3, -0.25) is 14.4 Å². The van der Waals surface area contributed by atoms with Crippen molar-refractivity contribution < 1.29 is 44.4 Å². The van der Waals surface area contributed by atoms with E-state index in [1.54, 1.807) is 0 Å². The highest BCUT2D eigenvalue weighted by Crippen LogP contribution is 2.20. The molecule has 0 unspecified atom stereocenters. The van der Waals surface area contributed by atoms with Crippen molar-refractivity contribution in [3.63, 3.8) is 0 Å². The largest absolute Gasteiger partial charge is 0.481 e. The summed E-state index contributed by atoms with van der Waals surface area (Å²) >= 11 is 0. The molecule has 4 N–H and O–H groups in total. The van der Waals surface area contributed by atoms with Gasteiger partial charge >= 0.3 is 23.9 Å². The third kappa shape index (κ3) is 4.58. The minimum atomic E-state index is -1.41. The first-order chi connectivity index (χ1) is 13.1. The molecule has 9 heteroatoms. The van der Waals surface area contributed by atoms with E-state index >= 15 is 0 Å². The number of benzene rings is 2. The van der Waals surface area contributed by atoms with Crippen molar-refractivity contribution in [3.05, 3.63) is 69.8 Å². The van der Waals surface area contributed by atoms with Crippen LogP contribution in [-0.2, 0) is 22.4 Å². The predicted molar refractivity (Wildman–Crippen MR) is 92.9 cm³/mol. The molecule has 2 rings (SSSR count). The molecule has 9 nitrogen and oxygen atoms in total. The molecule has 0 spiro atoms. The second-order valence-electron chi connectivity index (χ2n) is 5.82. The Labute approximate surface area is 157 Å². The van der Waals surface area contributed by atoms with E-state index in [9.17, 15) is 34.2 Å². The van der Waals surface area contributed by atoms with Crippen LogP contribution in [0.2, 0.25) is 0 Å². The molecule has 2 aromatic rings. The molecule has 0 saturated carbocycles. The number of carbonyl (C=O) groups is 5. The van der Waals surface area contributed by atoms with Crippen LogP contribution in [0, 0.1) is 0 Å². The zero-order valence-corrected chi connectivity index (χ0v) is 14.2. The highest BCUT2D eigenvalue weighted by molar-refractivity contribution is 6.11. The lowest BCUT2D eigenvalue weighted by Crippen LogP contribution is -2.12. The fourth-order valence-corrected chi connectivity index (χ4v) is 2.63. The third-order valence-corrected chi connectivity index (χ3v) is 3.89. The minimum Gasteiger partial charge on any atom is -0.481 e. The molecule has 0 radical (unpaired) electrons. The molecule has 0 saturated heterocycles. The van der Waals surface area contributed by atoms with E-state index in [0.29, 0.717) is 0 Å². The molecule has 0 heterocycles. The number of hydrogen-bond donors (Lipinski definition) is 4. The van der Waals surface area contributed by atoms with Crippen molar-refractivity contribution in [2.45, 2.75) is 12.8 Å². The highest BCUT2D eigenvalue weighted by atomic mass is 16.4. The molecular weight excluding hydrogens is 372 g/mol. The second kappa shape index (κ2) is 8.12. The zero-order chi connectivity index (χ0) is 21.0. The Morgan fingerprint density at radius 3 is 1.25 bits per heavy atom. The fraction of sp³-hybridized carbons (Fsp3) is 0.105. The first-order valence-electron chi connectivity index (χ1n) is 7.81. The second-order valence-corrected chi connectivity index (χ2v) is 5.82. The van der Waals surface area contributed by atoms with E-state index in [1.165, 1.54) is 24.3 Å². The quantitative estimate of drug-likeness (QED) is 0.492. The third-order valence-electron chi connectivity index (χ3n) is 3.89. The van der Waals surface area contributed by atoms with Gasteiger partial charge in [-0.2, -0.15) is 0 Å². The summed E-state index contributed by atoms with van der Waals surface area (Å²) in [6.07, 6.45) is -1.08. The summed E-state index contributed by atoms with van der Waals surface area (Å²) in [5.41, 5.74) is -0.828. The van der Waals surface area contributed by atoms with Crippen LogP contribution in [0.25, 0.3) is 0 Å². The smallest absolute Gasteiger partial charge is 0.336 e. The Hall–Kier alpha value is -4.01. The van der Waals surface area contributed by atoms with Crippen LogP contribution in [-0.4, -0.2) is 50.1 Å². The fourth-order valence-electron chi connectivity index (χ4n) is 2.63. The summed E-state index contributed by atoms with van der Waals surface area (Å²) in [4.78, 5) is 57.1. The topological polar surface area (TPSA) is 166 Å². The van der Waals surface area contributed by atoms with E-state index in [4.69, 9.17) is 10.2 Å². The van der Waals surface area contributed by atoms with Crippen LogP contribution >= 0.6 is 0 Å². The molecule has 0 fully saturated rings. The van der Waals surface area contributed by atoms with Gasteiger partial charge in [0.25, 0.3) is 0 Å². The Morgan fingerprint density at radius 1 is 0.607 bits per heavy atom. The van der Waals surface area contributed by atoms with E-state index < -0.39 is 42.5 Å². The lowest BCUT2D eigenvalue weighted by Gasteiger charge is -2.09. The first-order valence-corrected chi connectivity index (χ1v) is 7.81. The number of aromatic carboxylic acids is 2. The van der Waals surface area contributed by atoms with Crippen molar-refractivity contribution in [2.24, 2.45) is 0 Å². The van der Waals surface area contributed by atoms with E-state index in [2.05, 4.69) is 0 Å². The molecule has 0 aliphatic rings. The number of carboxylic acids is 4. The van der Waals surface area contributed by atoms with Gasteiger partial charge in [0, 0.05) is 11.1 Å². The zero-order valence-electron chi connectivity index (χ0n) is 14.2. The molecular formula is C19H14O9. The van der Waals surface area contributed by atoms with Crippen LogP contribution in [0.15, 0.2) is 36.4 Å². The van der Waals surface area contributed by atoms with Crippen LogP contribution in [0.1, 0.15) is 47.8 Å². The molecule has 28 heavy (non-hydrogen) atoms. The Kier molecular flexibility index (Phi) is 5.89. The van der Waals surface area contributed by atoms with Gasteiger partial charge in [0.15, 0.2) is 5.78 Å². The Bertz CT molecular complexity index is 925. The highest BCUT2D eigenvalue weighted by Gasteiger charge is 2.20. The monoisotopic (exact) mass is 386 g/mol. The average molecular weight is 386 g/mol. The number of ketones is 1. The Morgan fingerprint density at radius 2 is 0.964 bits per heavy atom. The number of hydrogen-bond acceptors (Lipinski definition) is 5. The van der Waals surface area contributed by atoms with E-state index in [1.807, 2.05) is 0 Å². The maximum Gasteiger partial charge on any atom is 0.336 e.